The topological polar surface area (TPSA) is 79.2 Å². The molecule has 5 nitrogen and oxygen atoms in total. The largest absolute Gasteiger partial charge is 0.394 e. The summed E-state index contributed by atoms with van der Waals surface area (Å²) in [7, 11) is 0. The van der Waals surface area contributed by atoms with Crippen molar-refractivity contribution in [2.75, 3.05) is 19.8 Å². The lowest BCUT2D eigenvalue weighted by molar-refractivity contribution is -0.200. The summed E-state index contributed by atoms with van der Waals surface area (Å²) >= 11 is 0. The van der Waals surface area contributed by atoms with Gasteiger partial charge in [0.1, 0.15) is 12.2 Å². The summed E-state index contributed by atoms with van der Waals surface area (Å²) in [6, 6.07) is 0. The summed E-state index contributed by atoms with van der Waals surface area (Å²) in [5.41, 5.74) is 0. The third-order valence-corrected chi connectivity index (χ3v) is 2.41. The van der Waals surface area contributed by atoms with Gasteiger partial charge in [-0.15, -0.1) is 0 Å². The van der Waals surface area contributed by atoms with E-state index in [2.05, 4.69) is 0 Å². The summed E-state index contributed by atoms with van der Waals surface area (Å²) in [5.74, 6) is 0. The van der Waals surface area contributed by atoms with E-state index in [0.29, 0.717) is 13.0 Å². The minimum Gasteiger partial charge on any atom is -0.394 e. The molecular weight excluding hydrogens is 188 g/mol. The van der Waals surface area contributed by atoms with Crippen LogP contribution in [0.5, 0.6) is 0 Å². The molecule has 14 heavy (non-hydrogen) atoms. The average molecular weight is 206 g/mol. The highest BCUT2D eigenvalue weighted by atomic mass is 16.6. The number of hydrogen-bond donors (Lipinski definition) is 3. The second-order valence-electron chi connectivity index (χ2n) is 3.37. The maximum Gasteiger partial charge on any atom is 0.107 e. The minimum absolute atomic E-state index is 0.159. The Balaban J connectivity index is 2.53. The molecule has 0 aromatic rings. The van der Waals surface area contributed by atoms with Crippen molar-refractivity contribution in [3.8, 4) is 0 Å². The fraction of sp³-hybridized carbons (Fsp3) is 1.00. The number of aliphatic hydroxyl groups is 3. The maximum atomic E-state index is 9.53. The molecule has 0 amide bonds. The van der Waals surface area contributed by atoms with Gasteiger partial charge in [-0.1, -0.05) is 0 Å². The van der Waals surface area contributed by atoms with Gasteiger partial charge in [0, 0.05) is 13.0 Å². The lowest BCUT2D eigenvalue weighted by Gasteiger charge is -2.37. The van der Waals surface area contributed by atoms with Crippen LogP contribution >= 0.6 is 0 Å². The lowest BCUT2D eigenvalue weighted by Crippen LogP contribution is -2.51. The van der Waals surface area contributed by atoms with Crippen LogP contribution in [0.2, 0.25) is 0 Å². The van der Waals surface area contributed by atoms with Crippen LogP contribution in [0.25, 0.3) is 0 Å². The molecule has 0 bridgehead atoms. The first kappa shape index (κ1) is 11.9. The Kier molecular flexibility index (Phi) is 4.77. The zero-order chi connectivity index (χ0) is 10.6. The summed E-state index contributed by atoms with van der Waals surface area (Å²) in [4.78, 5) is 0. The van der Waals surface area contributed by atoms with E-state index in [1.807, 2.05) is 6.92 Å². The van der Waals surface area contributed by atoms with E-state index in [1.165, 1.54) is 0 Å². The molecule has 0 spiro atoms. The predicted octanol–water partition coefficient (Wildman–Crippen LogP) is -1.11. The Hall–Kier alpha value is -0.200. The summed E-state index contributed by atoms with van der Waals surface area (Å²) in [6.45, 7) is 1.96. The zero-order valence-corrected chi connectivity index (χ0v) is 8.30. The van der Waals surface area contributed by atoms with Crippen LogP contribution < -0.4 is 0 Å². The molecule has 1 aliphatic rings. The van der Waals surface area contributed by atoms with Crippen molar-refractivity contribution in [2.24, 2.45) is 0 Å². The molecule has 0 aromatic heterocycles. The van der Waals surface area contributed by atoms with E-state index in [9.17, 15) is 5.11 Å². The molecule has 0 saturated carbocycles. The Labute approximate surface area is 83.3 Å². The summed E-state index contributed by atoms with van der Waals surface area (Å²) in [6.07, 6.45) is -1.67. The number of rotatable bonds is 4. The molecular formula is C9H18O5. The van der Waals surface area contributed by atoms with Crippen molar-refractivity contribution < 1.29 is 24.8 Å². The van der Waals surface area contributed by atoms with Gasteiger partial charge in [-0.2, -0.15) is 0 Å². The molecule has 5 heteroatoms. The van der Waals surface area contributed by atoms with Crippen molar-refractivity contribution in [3.63, 3.8) is 0 Å². The SMILES string of the molecule is CCO[C@H]1CC(O)[C@@H](CO)OC1CO. The molecule has 1 rings (SSSR count). The minimum atomic E-state index is -0.723. The smallest absolute Gasteiger partial charge is 0.107 e. The van der Waals surface area contributed by atoms with Gasteiger partial charge >= 0.3 is 0 Å². The van der Waals surface area contributed by atoms with Crippen molar-refractivity contribution in [2.45, 2.75) is 37.8 Å². The van der Waals surface area contributed by atoms with Gasteiger partial charge in [-0.3, -0.25) is 0 Å². The molecule has 1 saturated heterocycles. The van der Waals surface area contributed by atoms with Crippen molar-refractivity contribution in [3.05, 3.63) is 0 Å². The Morgan fingerprint density at radius 1 is 1.29 bits per heavy atom. The summed E-state index contributed by atoms with van der Waals surface area (Å²) in [5, 5.41) is 27.4. The molecule has 2 unspecified atom stereocenters. The van der Waals surface area contributed by atoms with Gasteiger partial charge in [0.15, 0.2) is 0 Å². The van der Waals surface area contributed by atoms with Crippen LogP contribution in [0, 0.1) is 0 Å². The van der Waals surface area contributed by atoms with Gasteiger partial charge in [0.25, 0.3) is 0 Å². The third-order valence-electron chi connectivity index (χ3n) is 2.41. The second kappa shape index (κ2) is 5.63. The van der Waals surface area contributed by atoms with Crippen LogP contribution in [0.15, 0.2) is 0 Å². The third kappa shape index (κ3) is 2.65. The molecule has 4 atom stereocenters. The first-order valence-corrected chi connectivity index (χ1v) is 4.89. The maximum absolute atomic E-state index is 9.53. The molecule has 0 radical (unpaired) electrons. The number of hydrogen-bond acceptors (Lipinski definition) is 5. The van der Waals surface area contributed by atoms with Gasteiger partial charge in [-0.05, 0) is 6.92 Å². The quantitative estimate of drug-likeness (QED) is 0.544. The lowest BCUT2D eigenvalue weighted by atomic mass is 9.99. The van der Waals surface area contributed by atoms with Crippen molar-refractivity contribution in [1.82, 2.24) is 0 Å². The molecule has 3 N–H and O–H groups in total. The van der Waals surface area contributed by atoms with Crippen LogP contribution in [0.1, 0.15) is 13.3 Å². The molecule has 1 heterocycles. The van der Waals surface area contributed by atoms with Crippen LogP contribution in [-0.4, -0.2) is 59.6 Å². The van der Waals surface area contributed by atoms with Crippen molar-refractivity contribution in [1.29, 1.82) is 0 Å². The molecule has 0 aliphatic carbocycles. The molecule has 1 aliphatic heterocycles. The Morgan fingerprint density at radius 2 is 1.93 bits per heavy atom. The van der Waals surface area contributed by atoms with E-state index in [4.69, 9.17) is 19.7 Å². The number of ether oxygens (including phenoxy) is 2. The first-order chi connectivity index (χ1) is 6.72. The normalized spacial score (nSPS) is 38.6. The van der Waals surface area contributed by atoms with Crippen LogP contribution in [-0.2, 0) is 9.47 Å². The van der Waals surface area contributed by atoms with Crippen LogP contribution in [0.3, 0.4) is 0 Å². The van der Waals surface area contributed by atoms with Gasteiger partial charge < -0.3 is 24.8 Å². The first-order valence-electron chi connectivity index (χ1n) is 4.89. The monoisotopic (exact) mass is 206 g/mol. The fourth-order valence-electron chi connectivity index (χ4n) is 1.66. The fourth-order valence-corrected chi connectivity index (χ4v) is 1.66. The van der Waals surface area contributed by atoms with Gasteiger partial charge in [0.2, 0.25) is 0 Å². The van der Waals surface area contributed by atoms with E-state index >= 15 is 0 Å². The van der Waals surface area contributed by atoms with E-state index < -0.39 is 18.3 Å². The Bertz CT molecular complexity index is 163. The predicted molar refractivity (Wildman–Crippen MR) is 48.9 cm³/mol. The zero-order valence-electron chi connectivity index (χ0n) is 8.30. The molecule has 1 fully saturated rings. The highest BCUT2D eigenvalue weighted by Crippen LogP contribution is 2.22. The van der Waals surface area contributed by atoms with Crippen molar-refractivity contribution >= 4 is 0 Å². The Morgan fingerprint density at radius 3 is 2.43 bits per heavy atom. The summed E-state index contributed by atoms with van der Waals surface area (Å²) < 4.78 is 10.6. The average Bonchev–Trinajstić information content (AvgIpc) is 2.19. The molecule has 84 valence electrons. The highest BCUT2D eigenvalue weighted by molar-refractivity contribution is 4.85. The number of aliphatic hydroxyl groups excluding tert-OH is 3. The van der Waals surface area contributed by atoms with E-state index in [-0.39, 0.29) is 19.3 Å². The van der Waals surface area contributed by atoms with Gasteiger partial charge in [-0.25, -0.2) is 0 Å². The van der Waals surface area contributed by atoms with Gasteiger partial charge in [0.05, 0.1) is 25.4 Å². The highest BCUT2D eigenvalue weighted by Gasteiger charge is 2.36. The molecule has 0 aromatic carbocycles. The second-order valence-corrected chi connectivity index (χ2v) is 3.37. The van der Waals surface area contributed by atoms with E-state index in [1.54, 1.807) is 0 Å². The standard InChI is InChI=1S/C9H18O5/c1-2-13-7-3-6(12)8(4-10)14-9(7)5-11/h6-12H,2-5H2,1H3/t6?,7-,8+,9?/m0/s1. The van der Waals surface area contributed by atoms with Crippen LogP contribution in [0.4, 0.5) is 0 Å². The van der Waals surface area contributed by atoms with E-state index in [0.717, 1.165) is 0 Å².